The summed E-state index contributed by atoms with van der Waals surface area (Å²) in [6.07, 6.45) is 2.80. The van der Waals surface area contributed by atoms with Crippen LogP contribution in [0.5, 0.6) is 0 Å². The van der Waals surface area contributed by atoms with Crippen molar-refractivity contribution in [3.8, 4) is 0 Å². The van der Waals surface area contributed by atoms with Crippen molar-refractivity contribution in [3.05, 3.63) is 68.8 Å². The Labute approximate surface area is 138 Å². The minimum atomic E-state index is -0.671. The van der Waals surface area contributed by atoms with E-state index in [1.165, 1.54) is 14.7 Å². The van der Waals surface area contributed by atoms with Crippen molar-refractivity contribution >= 4 is 28.6 Å². The summed E-state index contributed by atoms with van der Waals surface area (Å²) in [6.45, 7) is 0. The average molecular weight is 392 g/mol. The van der Waals surface area contributed by atoms with E-state index in [1.807, 2.05) is 36.4 Å². The second kappa shape index (κ2) is 5.79. The van der Waals surface area contributed by atoms with Crippen LogP contribution in [-0.2, 0) is 24.1 Å². The standard InChI is InChI=1S/C18H17IO2/c19-16-7-5-13(6-8-16)11-18(17(20)21)10-9-14-3-1-2-4-15(14)12-18/h1-8H,9-12H2,(H,20,21). The van der Waals surface area contributed by atoms with Gasteiger partial charge >= 0.3 is 5.97 Å². The molecule has 1 N–H and O–H groups in total. The smallest absolute Gasteiger partial charge is 0.310 e. The molecule has 0 saturated heterocycles. The molecule has 2 nitrogen and oxygen atoms in total. The molecule has 2 aromatic carbocycles. The van der Waals surface area contributed by atoms with E-state index in [1.54, 1.807) is 0 Å². The molecule has 0 spiro atoms. The Morgan fingerprint density at radius 2 is 1.76 bits per heavy atom. The Morgan fingerprint density at radius 3 is 2.43 bits per heavy atom. The predicted molar refractivity (Wildman–Crippen MR) is 91.4 cm³/mol. The molecule has 108 valence electrons. The van der Waals surface area contributed by atoms with Crippen LogP contribution in [-0.4, -0.2) is 11.1 Å². The van der Waals surface area contributed by atoms with Crippen molar-refractivity contribution in [1.29, 1.82) is 0 Å². The van der Waals surface area contributed by atoms with Crippen molar-refractivity contribution in [2.45, 2.75) is 25.7 Å². The molecular weight excluding hydrogens is 375 g/mol. The highest BCUT2D eigenvalue weighted by molar-refractivity contribution is 14.1. The number of aryl methyl sites for hydroxylation is 1. The number of hydrogen-bond donors (Lipinski definition) is 1. The van der Waals surface area contributed by atoms with Crippen LogP contribution >= 0.6 is 22.6 Å². The first-order valence-corrected chi connectivity index (χ1v) is 8.22. The zero-order chi connectivity index (χ0) is 14.9. The molecular formula is C18H17IO2. The fourth-order valence-electron chi connectivity index (χ4n) is 3.20. The number of aliphatic carboxylic acids is 1. The largest absolute Gasteiger partial charge is 0.481 e. The van der Waals surface area contributed by atoms with E-state index in [4.69, 9.17) is 0 Å². The molecule has 21 heavy (non-hydrogen) atoms. The zero-order valence-electron chi connectivity index (χ0n) is 11.7. The van der Waals surface area contributed by atoms with Gasteiger partial charge in [0.15, 0.2) is 0 Å². The number of hydrogen-bond acceptors (Lipinski definition) is 1. The van der Waals surface area contributed by atoms with E-state index < -0.39 is 11.4 Å². The summed E-state index contributed by atoms with van der Waals surface area (Å²) in [5, 5.41) is 9.83. The monoisotopic (exact) mass is 392 g/mol. The molecule has 0 heterocycles. The first-order valence-electron chi connectivity index (χ1n) is 7.14. The third-order valence-corrected chi connectivity index (χ3v) is 5.15. The lowest BCUT2D eigenvalue weighted by molar-refractivity contribution is -0.149. The SMILES string of the molecule is O=C(O)C1(Cc2ccc(I)cc2)CCc2ccccc2C1. The van der Waals surface area contributed by atoms with Crippen molar-refractivity contribution < 1.29 is 9.90 Å². The third-order valence-electron chi connectivity index (χ3n) is 4.43. The minimum absolute atomic E-state index is 0.605. The number of rotatable bonds is 3. The maximum Gasteiger partial charge on any atom is 0.310 e. The van der Waals surface area contributed by atoms with Gasteiger partial charge in [-0.2, -0.15) is 0 Å². The van der Waals surface area contributed by atoms with Gasteiger partial charge < -0.3 is 5.11 Å². The number of fused-ring (bicyclic) bond motifs is 1. The Morgan fingerprint density at radius 1 is 1.10 bits per heavy atom. The van der Waals surface area contributed by atoms with Gasteiger partial charge in [0.2, 0.25) is 0 Å². The van der Waals surface area contributed by atoms with Crippen LogP contribution in [0.15, 0.2) is 48.5 Å². The lowest BCUT2D eigenvalue weighted by Crippen LogP contribution is -2.39. The molecule has 0 saturated carbocycles. The third kappa shape index (κ3) is 2.98. The van der Waals surface area contributed by atoms with Crippen LogP contribution in [0.4, 0.5) is 0 Å². The number of carboxylic acids is 1. The Kier molecular flexibility index (Phi) is 4.02. The predicted octanol–water partition coefficient (Wildman–Crippen LogP) is 4.09. The lowest BCUT2D eigenvalue weighted by Gasteiger charge is -2.34. The molecule has 1 atom stereocenters. The van der Waals surface area contributed by atoms with Crippen LogP contribution in [0.2, 0.25) is 0 Å². The van der Waals surface area contributed by atoms with Crippen molar-refractivity contribution in [2.75, 3.05) is 0 Å². The summed E-state index contributed by atoms with van der Waals surface area (Å²) in [7, 11) is 0. The molecule has 0 aliphatic heterocycles. The van der Waals surface area contributed by atoms with E-state index in [9.17, 15) is 9.90 Å². The summed E-state index contributed by atoms with van der Waals surface area (Å²) in [6, 6.07) is 16.4. The number of halogens is 1. The first-order chi connectivity index (χ1) is 10.1. The Bertz CT molecular complexity index is 663. The summed E-state index contributed by atoms with van der Waals surface area (Å²) in [4.78, 5) is 12.0. The van der Waals surface area contributed by atoms with E-state index in [-0.39, 0.29) is 0 Å². The zero-order valence-corrected chi connectivity index (χ0v) is 13.8. The molecule has 0 radical (unpaired) electrons. The molecule has 1 aliphatic rings. The normalized spacial score (nSPS) is 20.8. The average Bonchev–Trinajstić information content (AvgIpc) is 2.49. The van der Waals surface area contributed by atoms with E-state index >= 15 is 0 Å². The lowest BCUT2D eigenvalue weighted by atomic mass is 9.68. The van der Waals surface area contributed by atoms with Crippen LogP contribution in [0.3, 0.4) is 0 Å². The molecule has 0 fully saturated rings. The molecule has 2 aromatic rings. The fourth-order valence-corrected chi connectivity index (χ4v) is 3.56. The molecule has 0 aromatic heterocycles. The topological polar surface area (TPSA) is 37.3 Å². The quantitative estimate of drug-likeness (QED) is 0.799. The fraction of sp³-hybridized carbons (Fsp3) is 0.278. The van der Waals surface area contributed by atoms with Gasteiger partial charge in [0, 0.05) is 3.57 Å². The van der Waals surface area contributed by atoms with Gasteiger partial charge in [0.1, 0.15) is 0 Å². The van der Waals surface area contributed by atoms with Crippen LogP contribution in [0, 0.1) is 8.99 Å². The first kappa shape index (κ1) is 14.6. The molecule has 3 rings (SSSR count). The molecule has 0 amide bonds. The van der Waals surface area contributed by atoms with Gasteiger partial charge in [-0.05, 0) is 77.1 Å². The summed E-state index contributed by atoms with van der Waals surface area (Å²) < 4.78 is 1.18. The number of carbonyl (C=O) groups is 1. The van der Waals surface area contributed by atoms with Gasteiger partial charge in [-0.3, -0.25) is 4.79 Å². The van der Waals surface area contributed by atoms with Crippen molar-refractivity contribution in [3.63, 3.8) is 0 Å². The number of carboxylic acid groups (broad SMARTS) is 1. The van der Waals surface area contributed by atoms with E-state index in [0.29, 0.717) is 19.3 Å². The molecule has 1 unspecified atom stereocenters. The van der Waals surface area contributed by atoms with Gasteiger partial charge in [0.05, 0.1) is 5.41 Å². The highest BCUT2D eigenvalue weighted by Gasteiger charge is 2.41. The minimum Gasteiger partial charge on any atom is -0.481 e. The maximum atomic E-state index is 12.0. The van der Waals surface area contributed by atoms with Gasteiger partial charge in [-0.15, -0.1) is 0 Å². The van der Waals surface area contributed by atoms with Crippen molar-refractivity contribution in [2.24, 2.45) is 5.41 Å². The molecule has 1 aliphatic carbocycles. The van der Waals surface area contributed by atoms with Gasteiger partial charge in [0.25, 0.3) is 0 Å². The maximum absolute atomic E-state index is 12.0. The highest BCUT2D eigenvalue weighted by Crippen LogP contribution is 2.38. The second-order valence-electron chi connectivity index (χ2n) is 5.83. The Balaban J connectivity index is 1.91. The molecule has 0 bridgehead atoms. The summed E-state index contributed by atoms with van der Waals surface area (Å²) >= 11 is 2.27. The van der Waals surface area contributed by atoms with Crippen LogP contribution < -0.4 is 0 Å². The molecule has 3 heteroatoms. The van der Waals surface area contributed by atoms with Crippen LogP contribution in [0.1, 0.15) is 23.1 Å². The Hall–Kier alpha value is -1.36. The van der Waals surface area contributed by atoms with Gasteiger partial charge in [-0.25, -0.2) is 0 Å². The second-order valence-corrected chi connectivity index (χ2v) is 7.08. The van der Waals surface area contributed by atoms with Crippen LogP contribution in [0.25, 0.3) is 0 Å². The number of benzene rings is 2. The van der Waals surface area contributed by atoms with Gasteiger partial charge in [-0.1, -0.05) is 36.4 Å². The highest BCUT2D eigenvalue weighted by atomic mass is 127. The van der Waals surface area contributed by atoms with E-state index in [2.05, 4.69) is 34.7 Å². The summed E-state index contributed by atoms with van der Waals surface area (Å²) in [5.41, 5.74) is 2.94. The van der Waals surface area contributed by atoms with E-state index in [0.717, 1.165) is 12.0 Å². The summed E-state index contributed by atoms with van der Waals surface area (Å²) in [5.74, 6) is -0.671. The van der Waals surface area contributed by atoms with Crippen molar-refractivity contribution in [1.82, 2.24) is 0 Å².